The first-order chi connectivity index (χ1) is 7.99. The summed E-state index contributed by atoms with van der Waals surface area (Å²) in [5, 5.41) is 9.74. The Balaban J connectivity index is 2.24. The minimum atomic E-state index is -0.217. The third kappa shape index (κ3) is 4.95. The molecule has 1 rings (SSSR count). The van der Waals surface area contributed by atoms with Crippen LogP contribution in [0.25, 0.3) is 0 Å². The van der Waals surface area contributed by atoms with Crippen LogP contribution in [0.4, 0.5) is 0 Å². The van der Waals surface area contributed by atoms with Gasteiger partial charge < -0.3 is 15.2 Å². The maximum absolute atomic E-state index is 11.6. The molecule has 0 aliphatic heterocycles. The first-order valence-corrected chi connectivity index (χ1v) is 5.82. The number of aromatic nitrogens is 2. The van der Waals surface area contributed by atoms with Crippen molar-refractivity contribution in [3.8, 4) is 0 Å². The second-order valence-electron chi connectivity index (χ2n) is 4.32. The molecule has 1 amide bonds. The molecule has 96 valence electrons. The van der Waals surface area contributed by atoms with Crippen LogP contribution < -0.4 is 10.6 Å². The van der Waals surface area contributed by atoms with Gasteiger partial charge in [0.25, 0.3) is 0 Å². The Bertz CT molecular complexity index is 362. The molecule has 0 fully saturated rings. The summed E-state index contributed by atoms with van der Waals surface area (Å²) in [4.78, 5) is 15.7. The van der Waals surface area contributed by atoms with Gasteiger partial charge in [0.2, 0.25) is 11.8 Å². The predicted molar refractivity (Wildman–Crippen MR) is 63.5 cm³/mol. The van der Waals surface area contributed by atoms with Crippen LogP contribution in [0, 0.1) is 6.92 Å². The fraction of sp³-hybridized carbons (Fsp3) is 0.727. The third-order valence-corrected chi connectivity index (χ3v) is 2.19. The van der Waals surface area contributed by atoms with E-state index in [1.54, 1.807) is 6.92 Å². The van der Waals surface area contributed by atoms with Gasteiger partial charge in [0.05, 0.1) is 6.04 Å². The molecule has 1 unspecified atom stereocenters. The smallest absolute Gasteiger partial charge is 0.237 e. The van der Waals surface area contributed by atoms with E-state index in [1.807, 2.05) is 20.8 Å². The summed E-state index contributed by atoms with van der Waals surface area (Å²) in [6.07, 6.45) is 0.649. The van der Waals surface area contributed by atoms with E-state index in [2.05, 4.69) is 20.8 Å². The van der Waals surface area contributed by atoms with Crippen LogP contribution in [-0.4, -0.2) is 34.7 Å². The number of aryl methyl sites for hydroxylation is 1. The van der Waals surface area contributed by atoms with E-state index in [0.717, 1.165) is 0 Å². The number of hydrogen-bond donors (Lipinski definition) is 2. The fourth-order valence-electron chi connectivity index (χ4n) is 1.35. The highest BCUT2D eigenvalue weighted by Crippen LogP contribution is 1.95. The van der Waals surface area contributed by atoms with Gasteiger partial charge in [0.15, 0.2) is 5.82 Å². The summed E-state index contributed by atoms with van der Waals surface area (Å²) in [7, 11) is 0. The zero-order chi connectivity index (χ0) is 12.8. The van der Waals surface area contributed by atoms with E-state index in [-0.39, 0.29) is 18.0 Å². The van der Waals surface area contributed by atoms with E-state index in [0.29, 0.717) is 24.7 Å². The molecule has 0 spiro atoms. The molecule has 1 atom stereocenters. The molecular weight excluding hydrogens is 220 g/mol. The van der Waals surface area contributed by atoms with Gasteiger partial charge in [0, 0.05) is 25.9 Å². The van der Waals surface area contributed by atoms with Crippen LogP contribution in [-0.2, 0) is 11.2 Å². The summed E-state index contributed by atoms with van der Waals surface area (Å²) in [5.41, 5.74) is 0. The first kappa shape index (κ1) is 13.6. The van der Waals surface area contributed by atoms with Crippen LogP contribution in [0.15, 0.2) is 4.52 Å². The summed E-state index contributed by atoms with van der Waals surface area (Å²) in [6, 6.07) is -0.0583. The van der Waals surface area contributed by atoms with Gasteiger partial charge in [-0.2, -0.15) is 4.98 Å². The van der Waals surface area contributed by atoms with Crippen molar-refractivity contribution in [2.24, 2.45) is 0 Å². The summed E-state index contributed by atoms with van der Waals surface area (Å²) in [6.45, 7) is 8.10. The summed E-state index contributed by atoms with van der Waals surface area (Å²) < 4.78 is 4.85. The van der Waals surface area contributed by atoms with Gasteiger partial charge in [-0.3, -0.25) is 4.79 Å². The molecule has 6 nitrogen and oxygen atoms in total. The maximum Gasteiger partial charge on any atom is 0.237 e. The molecule has 0 aromatic carbocycles. The Morgan fingerprint density at radius 3 is 2.65 bits per heavy atom. The molecule has 0 bridgehead atoms. The lowest BCUT2D eigenvalue weighted by Crippen LogP contribution is -2.45. The van der Waals surface area contributed by atoms with Crippen molar-refractivity contribution < 1.29 is 9.32 Å². The van der Waals surface area contributed by atoms with Gasteiger partial charge >= 0.3 is 0 Å². The van der Waals surface area contributed by atoms with Crippen molar-refractivity contribution >= 4 is 5.91 Å². The van der Waals surface area contributed by atoms with Crippen molar-refractivity contribution in [3.05, 3.63) is 11.7 Å². The van der Waals surface area contributed by atoms with Crippen molar-refractivity contribution in [3.63, 3.8) is 0 Å². The molecule has 0 saturated carbocycles. The lowest BCUT2D eigenvalue weighted by atomic mass is 10.2. The molecular formula is C11H20N4O2. The molecule has 0 aliphatic carbocycles. The zero-order valence-electron chi connectivity index (χ0n) is 10.8. The van der Waals surface area contributed by atoms with Crippen LogP contribution in [0.1, 0.15) is 32.5 Å². The van der Waals surface area contributed by atoms with E-state index in [1.165, 1.54) is 0 Å². The number of nitrogens with one attached hydrogen (secondary N) is 2. The number of amides is 1. The lowest BCUT2D eigenvalue weighted by molar-refractivity contribution is -0.123. The van der Waals surface area contributed by atoms with E-state index in [9.17, 15) is 4.79 Å². The Labute approximate surface area is 101 Å². The molecule has 1 aromatic rings. The molecule has 0 aliphatic rings. The predicted octanol–water partition coefficient (Wildman–Crippen LogP) is 0.423. The standard InChI is InChI=1S/C11H20N4O2/c1-7(2)13-11(16)8(3)12-6-5-10-14-9(4)17-15-10/h7-8,12H,5-6H2,1-4H3,(H,13,16). The highest BCUT2D eigenvalue weighted by Gasteiger charge is 2.12. The highest BCUT2D eigenvalue weighted by molar-refractivity contribution is 5.81. The third-order valence-electron chi connectivity index (χ3n) is 2.19. The Hall–Kier alpha value is -1.43. The quantitative estimate of drug-likeness (QED) is 0.753. The summed E-state index contributed by atoms with van der Waals surface area (Å²) in [5.74, 6) is 1.22. The Kier molecular flexibility index (Phi) is 5.09. The first-order valence-electron chi connectivity index (χ1n) is 5.82. The molecule has 6 heteroatoms. The normalized spacial score (nSPS) is 12.8. The zero-order valence-corrected chi connectivity index (χ0v) is 10.8. The fourth-order valence-corrected chi connectivity index (χ4v) is 1.35. The number of nitrogens with zero attached hydrogens (tertiary/aromatic N) is 2. The minimum Gasteiger partial charge on any atom is -0.353 e. The largest absolute Gasteiger partial charge is 0.353 e. The topological polar surface area (TPSA) is 80.0 Å². The second kappa shape index (κ2) is 6.34. The molecule has 17 heavy (non-hydrogen) atoms. The number of hydrogen-bond acceptors (Lipinski definition) is 5. The van der Waals surface area contributed by atoms with E-state index in [4.69, 9.17) is 4.52 Å². The second-order valence-corrected chi connectivity index (χ2v) is 4.32. The van der Waals surface area contributed by atoms with E-state index < -0.39 is 0 Å². The SMILES string of the molecule is Cc1nc(CCNC(C)C(=O)NC(C)C)no1. The molecule has 1 heterocycles. The van der Waals surface area contributed by atoms with Crippen molar-refractivity contribution in [2.45, 2.75) is 46.2 Å². The van der Waals surface area contributed by atoms with Crippen LogP contribution in [0.2, 0.25) is 0 Å². The Morgan fingerprint density at radius 2 is 2.12 bits per heavy atom. The van der Waals surface area contributed by atoms with Gasteiger partial charge in [0.1, 0.15) is 0 Å². The van der Waals surface area contributed by atoms with Gasteiger partial charge in [-0.1, -0.05) is 5.16 Å². The van der Waals surface area contributed by atoms with Gasteiger partial charge in [-0.25, -0.2) is 0 Å². The van der Waals surface area contributed by atoms with Crippen LogP contribution in [0.5, 0.6) is 0 Å². The number of rotatable bonds is 6. The average Bonchev–Trinajstić information content (AvgIpc) is 2.63. The average molecular weight is 240 g/mol. The number of carbonyl (C=O) groups is 1. The van der Waals surface area contributed by atoms with Crippen molar-refractivity contribution in [2.75, 3.05) is 6.54 Å². The van der Waals surface area contributed by atoms with Gasteiger partial charge in [-0.15, -0.1) is 0 Å². The monoisotopic (exact) mass is 240 g/mol. The van der Waals surface area contributed by atoms with E-state index >= 15 is 0 Å². The minimum absolute atomic E-state index is 0.00397. The number of carbonyl (C=O) groups excluding carboxylic acids is 1. The molecule has 0 saturated heterocycles. The van der Waals surface area contributed by atoms with Crippen LogP contribution in [0.3, 0.4) is 0 Å². The highest BCUT2D eigenvalue weighted by atomic mass is 16.5. The maximum atomic E-state index is 11.6. The van der Waals surface area contributed by atoms with Crippen LogP contribution >= 0.6 is 0 Å². The molecule has 1 aromatic heterocycles. The van der Waals surface area contributed by atoms with Gasteiger partial charge in [-0.05, 0) is 20.8 Å². The van der Waals surface area contributed by atoms with Crippen molar-refractivity contribution in [1.29, 1.82) is 0 Å². The summed E-state index contributed by atoms with van der Waals surface area (Å²) >= 11 is 0. The van der Waals surface area contributed by atoms with Crippen molar-refractivity contribution in [1.82, 2.24) is 20.8 Å². The lowest BCUT2D eigenvalue weighted by Gasteiger charge is -2.15. The molecule has 2 N–H and O–H groups in total. The Morgan fingerprint density at radius 1 is 1.41 bits per heavy atom. The molecule has 0 radical (unpaired) electrons.